The van der Waals surface area contributed by atoms with Gasteiger partial charge in [-0.3, -0.25) is 4.79 Å². The Kier molecular flexibility index (Phi) is 5.19. The summed E-state index contributed by atoms with van der Waals surface area (Å²) in [4.78, 5) is 18.2. The van der Waals surface area contributed by atoms with E-state index >= 15 is 0 Å². The minimum absolute atomic E-state index is 0.0308. The number of amides is 1. The van der Waals surface area contributed by atoms with Gasteiger partial charge in [-0.25, -0.2) is 13.4 Å². The van der Waals surface area contributed by atoms with E-state index in [-0.39, 0.29) is 10.9 Å². The number of hydrogen-bond acceptors (Lipinski definition) is 4. The van der Waals surface area contributed by atoms with Gasteiger partial charge >= 0.3 is 0 Å². The van der Waals surface area contributed by atoms with Gasteiger partial charge in [-0.15, -0.1) is 0 Å². The maximum atomic E-state index is 12.7. The first-order valence-electron chi connectivity index (χ1n) is 8.26. The molecular formula is C17H22N4O3S. The standard InChI is InChI=1S/C17H22N4O3S/c1-19-13-16(18-14-19)25(23,24)21-9-5-8-20(10-11-21)17(22)12-15-6-3-2-4-7-15/h2-4,6-7,13-14H,5,8-12H2,1H3. The number of aromatic nitrogens is 2. The predicted molar refractivity (Wildman–Crippen MR) is 93.3 cm³/mol. The quantitative estimate of drug-likeness (QED) is 0.809. The summed E-state index contributed by atoms with van der Waals surface area (Å²) in [6, 6.07) is 9.58. The highest BCUT2D eigenvalue weighted by Crippen LogP contribution is 2.16. The van der Waals surface area contributed by atoms with Crippen LogP contribution in [0.2, 0.25) is 0 Å². The van der Waals surface area contributed by atoms with E-state index in [2.05, 4.69) is 4.98 Å². The highest BCUT2D eigenvalue weighted by Gasteiger charge is 2.29. The molecule has 0 N–H and O–H groups in total. The second kappa shape index (κ2) is 7.37. The van der Waals surface area contributed by atoms with Crippen LogP contribution in [0.25, 0.3) is 0 Å². The lowest BCUT2D eigenvalue weighted by Crippen LogP contribution is -2.38. The Hall–Kier alpha value is -2.19. The van der Waals surface area contributed by atoms with Crippen molar-refractivity contribution in [2.45, 2.75) is 17.9 Å². The van der Waals surface area contributed by atoms with Crippen molar-refractivity contribution in [1.29, 1.82) is 0 Å². The molecule has 1 aromatic heterocycles. The molecule has 1 amide bonds. The van der Waals surface area contributed by atoms with Crippen LogP contribution in [0.1, 0.15) is 12.0 Å². The van der Waals surface area contributed by atoms with Crippen LogP contribution in [0.5, 0.6) is 0 Å². The fourth-order valence-electron chi connectivity index (χ4n) is 2.92. The average molecular weight is 362 g/mol. The van der Waals surface area contributed by atoms with E-state index in [0.29, 0.717) is 39.0 Å². The number of imidazole rings is 1. The lowest BCUT2D eigenvalue weighted by molar-refractivity contribution is -0.130. The van der Waals surface area contributed by atoms with Gasteiger partial charge in [-0.2, -0.15) is 4.31 Å². The van der Waals surface area contributed by atoms with Crippen LogP contribution in [0.15, 0.2) is 47.9 Å². The average Bonchev–Trinajstić information content (AvgIpc) is 2.89. The molecule has 1 aromatic carbocycles. The SMILES string of the molecule is Cn1cnc(S(=O)(=O)N2CCCN(C(=O)Cc3ccccc3)CC2)c1. The lowest BCUT2D eigenvalue weighted by atomic mass is 10.1. The third-order valence-electron chi connectivity index (χ3n) is 4.29. The van der Waals surface area contributed by atoms with E-state index in [1.807, 2.05) is 30.3 Å². The van der Waals surface area contributed by atoms with Crippen LogP contribution < -0.4 is 0 Å². The second-order valence-corrected chi connectivity index (χ2v) is 8.06. The first kappa shape index (κ1) is 17.6. The van der Waals surface area contributed by atoms with Crippen molar-refractivity contribution in [2.75, 3.05) is 26.2 Å². The summed E-state index contributed by atoms with van der Waals surface area (Å²) >= 11 is 0. The molecule has 1 saturated heterocycles. The van der Waals surface area contributed by atoms with Crippen molar-refractivity contribution in [2.24, 2.45) is 7.05 Å². The molecule has 0 bridgehead atoms. The number of carbonyl (C=O) groups is 1. The predicted octanol–water partition coefficient (Wildman–Crippen LogP) is 0.886. The van der Waals surface area contributed by atoms with Crippen LogP contribution >= 0.6 is 0 Å². The largest absolute Gasteiger partial charge is 0.341 e. The molecule has 25 heavy (non-hydrogen) atoms. The Bertz CT molecular complexity index is 833. The molecule has 7 nitrogen and oxygen atoms in total. The minimum atomic E-state index is -3.61. The van der Waals surface area contributed by atoms with Crippen LogP contribution in [0, 0.1) is 0 Å². The Morgan fingerprint density at radius 1 is 1.12 bits per heavy atom. The minimum Gasteiger partial charge on any atom is -0.341 e. The first-order chi connectivity index (χ1) is 12.0. The molecule has 1 aliphatic heterocycles. The smallest absolute Gasteiger partial charge is 0.262 e. The summed E-state index contributed by atoms with van der Waals surface area (Å²) in [7, 11) is -1.87. The number of aryl methyl sites for hydroxylation is 1. The molecule has 134 valence electrons. The molecule has 3 rings (SSSR count). The Labute approximate surface area is 147 Å². The van der Waals surface area contributed by atoms with Gasteiger partial charge in [0.15, 0.2) is 5.03 Å². The molecule has 1 fully saturated rings. The van der Waals surface area contributed by atoms with Crippen molar-refractivity contribution < 1.29 is 13.2 Å². The molecule has 0 aliphatic carbocycles. The van der Waals surface area contributed by atoms with Gasteiger partial charge in [0.25, 0.3) is 10.0 Å². The molecule has 2 heterocycles. The summed E-state index contributed by atoms with van der Waals surface area (Å²) in [6.07, 6.45) is 3.93. The molecular weight excluding hydrogens is 340 g/mol. The van der Waals surface area contributed by atoms with Crippen molar-refractivity contribution in [3.05, 3.63) is 48.4 Å². The summed E-state index contributed by atoms with van der Waals surface area (Å²) in [5, 5.41) is 0.0547. The number of rotatable bonds is 4. The number of carbonyl (C=O) groups excluding carboxylic acids is 1. The summed E-state index contributed by atoms with van der Waals surface area (Å²) < 4.78 is 28.4. The van der Waals surface area contributed by atoms with Crippen LogP contribution in [-0.4, -0.2) is 59.3 Å². The zero-order chi connectivity index (χ0) is 17.9. The number of benzene rings is 1. The highest BCUT2D eigenvalue weighted by molar-refractivity contribution is 7.89. The zero-order valence-corrected chi connectivity index (χ0v) is 15.0. The summed E-state index contributed by atoms with van der Waals surface area (Å²) in [5.41, 5.74) is 0.967. The molecule has 1 aliphatic rings. The summed E-state index contributed by atoms with van der Waals surface area (Å²) in [5.74, 6) is 0.0308. The maximum Gasteiger partial charge on any atom is 0.262 e. The third-order valence-corrected chi connectivity index (χ3v) is 6.08. The van der Waals surface area contributed by atoms with Gasteiger partial charge in [0.05, 0.1) is 12.7 Å². The highest BCUT2D eigenvalue weighted by atomic mass is 32.2. The molecule has 0 atom stereocenters. The first-order valence-corrected chi connectivity index (χ1v) is 9.70. The van der Waals surface area contributed by atoms with E-state index in [9.17, 15) is 13.2 Å². The molecule has 0 unspecified atom stereocenters. The maximum absolute atomic E-state index is 12.7. The van der Waals surface area contributed by atoms with Gasteiger partial charge in [0.2, 0.25) is 5.91 Å². The second-order valence-electron chi connectivity index (χ2n) is 6.18. The Morgan fingerprint density at radius 2 is 1.88 bits per heavy atom. The fourth-order valence-corrected chi connectivity index (χ4v) is 4.36. The van der Waals surface area contributed by atoms with Crippen LogP contribution in [0.4, 0.5) is 0 Å². The molecule has 8 heteroatoms. The van der Waals surface area contributed by atoms with Gasteiger partial charge in [0.1, 0.15) is 0 Å². The Balaban J connectivity index is 1.65. The van der Waals surface area contributed by atoms with Crippen molar-refractivity contribution in [3.63, 3.8) is 0 Å². The van der Waals surface area contributed by atoms with Gasteiger partial charge in [-0.1, -0.05) is 30.3 Å². The van der Waals surface area contributed by atoms with Crippen LogP contribution in [-0.2, 0) is 28.3 Å². The van der Waals surface area contributed by atoms with Crippen LogP contribution in [0.3, 0.4) is 0 Å². The van der Waals surface area contributed by atoms with E-state index in [1.54, 1.807) is 16.5 Å². The number of hydrogen-bond donors (Lipinski definition) is 0. The monoisotopic (exact) mass is 362 g/mol. The molecule has 2 aromatic rings. The third kappa shape index (κ3) is 4.08. The molecule has 0 radical (unpaired) electrons. The van der Waals surface area contributed by atoms with Gasteiger partial charge in [0, 0.05) is 39.4 Å². The van der Waals surface area contributed by atoms with Gasteiger partial charge < -0.3 is 9.47 Å². The van der Waals surface area contributed by atoms with E-state index in [4.69, 9.17) is 0 Å². The summed E-state index contributed by atoms with van der Waals surface area (Å²) in [6.45, 7) is 1.66. The topological polar surface area (TPSA) is 75.5 Å². The van der Waals surface area contributed by atoms with Crippen molar-refractivity contribution in [1.82, 2.24) is 18.8 Å². The van der Waals surface area contributed by atoms with Gasteiger partial charge in [-0.05, 0) is 12.0 Å². The zero-order valence-electron chi connectivity index (χ0n) is 14.2. The fraction of sp³-hybridized carbons (Fsp3) is 0.412. The van der Waals surface area contributed by atoms with Crippen molar-refractivity contribution >= 4 is 15.9 Å². The normalized spacial score (nSPS) is 16.6. The van der Waals surface area contributed by atoms with Crippen molar-refractivity contribution in [3.8, 4) is 0 Å². The molecule has 0 spiro atoms. The van der Waals surface area contributed by atoms with E-state index in [1.165, 1.54) is 16.8 Å². The van der Waals surface area contributed by atoms with E-state index in [0.717, 1.165) is 5.56 Å². The lowest BCUT2D eigenvalue weighted by Gasteiger charge is -2.21. The number of nitrogens with zero attached hydrogens (tertiary/aromatic N) is 4. The number of sulfonamides is 1. The van der Waals surface area contributed by atoms with E-state index < -0.39 is 10.0 Å². The Morgan fingerprint density at radius 3 is 2.56 bits per heavy atom. The molecule has 0 saturated carbocycles.